The highest BCUT2D eigenvalue weighted by Gasteiger charge is 2.30. The number of hydrogen-bond acceptors (Lipinski definition) is 4. The van der Waals surface area contributed by atoms with Crippen molar-refractivity contribution in [1.29, 1.82) is 0 Å². The quantitative estimate of drug-likeness (QED) is 0.853. The smallest absolute Gasteiger partial charge is 0.242 e. The molecule has 2 fully saturated rings. The average Bonchev–Trinajstić information content (AvgIpc) is 3.16. The minimum Gasteiger partial charge on any atom is -0.378 e. The van der Waals surface area contributed by atoms with Gasteiger partial charge in [0.1, 0.15) is 0 Å². The van der Waals surface area contributed by atoms with Crippen LogP contribution in [0.15, 0.2) is 17.2 Å². The highest BCUT2D eigenvalue weighted by molar-refractivity contribution is 7.89. The second kappa shape index (κ2) is 5.72. The van der Waals surface area contributed by atoms with Gasteiger partial charge < -0.3 is 15.0 Å². The van der Waals surface area contributed by atoms with Gasteiger partial charge >= 0.3 is 0 Å². The fourth-order valence-electron chi connectivity index (χ4n) is 2.89. The fourth-order valence-corrected chi connectivity index (χ4v) is 4.22. The highest BCUT2D eigenvalue weighted by atomic mass is 32.2. The summed E-state index contributed by atoms with van der Waals surface area (Å²) in [4.78, 5) is 0.328. The molecule has 2 heterocycles. The number of ether oxygens (including phenoxy) is 1. The Kier molecular flexibility index (Phi) is 4.09. The molecule has 0 spiro atoms. The van der Waals surface area contributed by atoms with Gasteiger partial charge in [-0.3, -0.25) is 0 Å². The molecule has 1 aliphatic heterocycles. The zero-order valence-electron chi connectivity index (χ0n) is 12.3. The molecule has 0 aromatic carbocycles. The molecule has 21 heavy (non-hydrogen) atoms. The van der Waals surface area contributed by atoms with E-state index >= 15 is 0 Å². The monoisotopic (exact) mass is 313 g/mol. The van der Waals surface area contributed by atoms with Crippen molar-refractivity contribution in [3.63, 3.8) is 0 Å². The van der Waals surface area contributed by atoms with Gasteiger partial charge in [0, 0.05) is 37.1 Å². The van der Waals surface area contributed by atoms with E-state index in [-0.39, 0.29) is 12.1 Å². The van der Waals surface area contributed by atoms with Crippen LogP contribution in [0.5, 0.6) is 0 Å². The van der Waals surface area contributed by atoms with Crippen molar-refractivity contribution in [3.05, 3.63) is 18.0 Å². The summed E-state index contributed by atoms with van der Waals surface area (Å²) in [5.74, 6) is 0. The zero-order chi connectivity index (χ0) is 15.0. The largest absolute Gasteiger partial charge is 0.378 e. The van der Waals surface area contributed by atoms with Crippen LogP contribution in [-0.2, 0) is 21.3 Å². The van der Waals surface area contributed by atoms with Crippen molar-refractivity contribution >= 4 is 10.0 Å². The molecule has 1 saturated heterocycles. The molecule has 0 radical (unpaired) electrons. The fraction of sp³-hybridized carbons (Fsp3) is 0.714. The summed E-state index contributed by atoms with van der Waals surface area (Å²) in [6.45, 7) is 2.93. The molecule has 118 valence electrons. The van der Waals surface area contributed by atoms with E-state index in [1.54, 1.807) is 12.3 Å². The van der Waals surface area contributed by atoms with Crippen LogP contribution < -0.4 is 10.5 Å². The first-order valence-electron chi connectivity index (χ1n) is 7.54. The summed E-state index contributed by atoms with van der Waals surface area (Å²) in [6, 6.07) is 2.07. The maximum atomic E-state index is 12.5. The molecule has 2 atom stereocenters. The molecule has 0 amide bonds. The van der Waals surface area contributed by atoms with Crippen LogP contribution in [0.3, 0.4) is 0 Å². The normalized spacial score (nSPS) is 27.0. The minimum atomic E-state index is -3.48. The summed E-state index contributed by atoms with van der Waals surface area (Å²) in [5, 5.41) is 0. The van der Waals surface area contributed by atoms with E-state index in [0.29, 0.717) is 30.5 Å². The SMILES string of the molecule is CC1CC(NS(=O)(=O)c2cc(CN)n(C3CC3)c2)CCO1. The molecule has 2 aliphatic rings. The van der Waals surface area contributed by atoms with Crippen LogP contribution in [0.25, 0.3) is 0 Å². The first kappa shape index (κ1) is 15.0. The van der Waals surface area contributed by atoms with E-state index in [4.69, 9.17) is 10.5 Å². The lowest BCUT2D eigenvalue weighted by molar-refractivity contribution is 0.0173. The van der Waals surface area contributed by atoms with Crippen molar-refractivity contribution in [3.8, 4) is 0 Å². The van der Waals surface area contributed by atoms with E-state index in [2.05, 4.69) is 4.72 Å². The van der Waals surface area contributed by atoms with E-state index in [1.165, 1.54) is 0 Å². The molecule has 3 N–H and O–H groups in total. The molecule has 0 bridgehead atoms. The molecular formula is C14H23N3O3S. The maximum absolute atomic E-state index is 12.5. The molecule has 6 nitrogen and oxygen atoms in total. The molecule has 2 unspecified atom stereocenters. The van der Waals surface area contributed by atoms with Crippen LogP contribution in [0.2, 0.25) is 0 Å². The first-order chi connectivity index (χ1) is 9.99. The lowest BCUT2D eigenvalue weighted by atomic mass is 10.1. The lowest BCUT2D eigenvalue weighted by Crippen LogP contribution is -2.41. The van der Waals surface area contributed by atoms with Crippen LogP contribution in [0.1, 0.15) is 44.3 Å². The van der Waals surface area contributed by atoms with Crippen molar-refractivity contribution in [2.75, 3.05) is 6.61 Å². The molecule has 1 saturated carbocycles. The standard InChI is InChI=1S/C14H23N3O3S/c1-10-6-11(4-5-20-10)16-21(18,19)14-7-13(8-15)17(9-14)12-2-3-12/h7,9-12,16H,2-6,8,15H2,1H3. The zero-order valence-corrected chi connectivity index (χ0v) is 13.1. The third-order valence-corrected chi connectivity index (χ3v) is 5.66. The van der Waals surface area contributed by atoms with Gasteiger partial charge in [0.15, 0.2) is 0 Å². The number of nitrogens with zero attached hydrogens (tertiary/aromatic N) is 1. The Morgan fingerprint density at radius 1 is 1.43 bits per heavy atom. The van der Waals surface area contributed by atoms with Crippen molar-refractivity contribution in [1.82, 2.24) is 9.29 Å². The Balaban J connectivity index is 1.77. The topological polar surface area (TPSA) is 86.4 Å². The molecule has 1 aromatic rings. The van der Waals surface area contributed by atoms with Gasteiger partial charge in [0.2, 0.25) is 10.0 Å². The number of rotatable bonds is 5. The van der Waals surface area contributed by atoms with Gasteiger partial charge in [-0.15, -0.1) is 0 Å². The highest BCUT2D eigenvalue weighted by Crippen LogP contribution is 2.37. The number of aromatic nitrogens is 1. The predicted molar refractivity (Wildman–Crippen MR) is 79.4 cm³/mol. The van der Waals surface area contributed by atoms with Gasteiger partial charge in [-0.25, -0.2) is 13.1 Å². The average molecular weight is 313 g/mol. The third-order valence-electron chi connectivity index (χ3n) is 4.17. The molecule has 3 rings (SSSR count). The summed E-state index contributed by atoms with van der Waals surface area (Å²) >= 11 is 0. The van der Waals surface area contributed by atoms with E-state index in [9.17, 15) is 8.42 Å². The summed E-state index contributed by atoms with van der Waals surface area (Å²) < 4.78 is 35.3. The van der Waals surface area contributed by atoms with Gasteiger partial charge in [-0.1, -0.05) is 0 Å². The number of hydrogen-bond donors (Lipinski definition) is 2. The van der Waals surface area contributed by atoms with Crippen molar-refractivity contribution < 1.29 is 13.2 Å². The number of nitrogens with two attached hydrogens (primary N) is 1. The van der Waals surface area contributed by atoms with Gasteiger partial charge in [-0.2, -0.15) is 0 Å². The Morgan fingerprint density at radius 3 is 2.81 bits per heavy atom. The second-order valence-electron chi connectivity index (χ2n) is 6.03. The third kappa shape index (κ3) is 3.31. The van der Waals surface area contributed by atoms with Crippen LogP contribution in [-0.4, -0.2) is 31.7 Å². The summed E-state index contributed by atoms with van der Waals surface area (Å²) in [5.41, 5.74) is 6.61. The van der Waals surface area contributed by atoms with Gasteiger partial charge in [-0.05, 0) is 38.7 Å². The molecule has 1 aromatic heterocycles. The number of sulfonamides is 1. The number of nitrogens with one attached hydrogen (secondary N) is 1. The van der Waals surface area contributed by atoms with Gasteiger partial charge in [0.25, 0.3) is 0 Å². The van der Waals surface area contributed by atoms with Crippen molar-refractivity contribution in [2.24, 2.45) is 5.73 Å². The second-order valence-corrected chi connectivity index (χ2v) is 7.75. The Morgan fingerprint density at radius 2 is 2.19 bits per heavy atom. The van der Waals surface area contributed by atoms with Crippen LogP contribution >= 0.6 is 0 Å². The predicted octanol–water partition coefficient (Wildman–Crippen LogP) is 1.13. The Bertz CT molecular complexity index is 607. The maximum Gasteiger partial charge on any atom is 0.242 e. The van der Waals surface area contributed by atoms with Crippen LogP contribution in [0, 0.1) is 0 Å². The Hall–Kier alpha value is -0.890. The van der Waals surface area contributed by atoms with Gasteiger partial charge in [0.05, 0.1) is 11.0 Å². The van der Waals surface area contributed by atoms with E-state index in [1.807, 2.05) is 11.5 Å². The molecule has 7 heteroatoms. The van der Waals surface area contributed by atoms with E-state index in [0.717, 1.165) is 25.0 Å². The first-order valence-corrected chi connectivity index (χ1v) is 9.02. The lowest BCUT2D eigenvalue weighted by Gasteiger charge is -2.27. The van der Waals surface area contributed by atoms with E-state index < -0.39 is 10.0 Å². The Labute approximate surface area is 125 Å². The molecule has 1 aliphatic carbocycles. The van der Waals surface area contributed by atoms with Crippen LogP contribution in [0.4, 0.5) is 0 Å². The minimum absolute atomic E-state index is 0.0515. The molecular weight excluding hydrogens is 290 g/mol. The van der Waals surface area contributed by atoms with Crippen molar-refractivity contribution in [2.45, 2.75) is 62.2 Å². The summed E-state index contributed by atoms with van der Waals surface area (Å²) in [6.07, 6.45) is 5.47. The summed E-state index contributed by atoms with van der Waals surface area (Å²) in [7, 11) is -3.48.